The van der Waals surface area contributed by atoms with Crippen molar-refractivity contribution >= 4 is 17.6 Å². The maximum absolute atomic E-state index is 13.3. The summed E-state index contributed by atoms with van der Waals surface area (Å²) in [4.78, 5) is 32.2. The highest BCUT2D eigenvalue weighted by Crippen LogP contribution is 2.32. The lowest BCUT2D eigenvalue weighted by molar-refractivity contribution is -0.132. The van der Waals surface area contributed by atoms with Crippen LogP contribution in [0.15, 0.2) is 54.6 Å². The number of hydrogen-bond donors (Lipinski definition) is 0. The lowest BCUT2D eigenvalue weighted by atomic mass is 10.1. The Morgan fingerprint density at radius 2 is 1.68 bits per heavy atom. The smallest absolute Gasteiger partial charge is 0.254 e. The van der Waals surface area contributed by atoms with Crippen LogP contribution in [0.4, 0.5) is 5.82 Å². The Morgan fingerprint density at radius 3 is 2.27 bits per heavy atom. The second-order valence-corrected chi connectivity index (χ2v) is 10.3. The Balaban J connectivity index is 1.37. The van der Waals surface area contributed by atoms with E-state index in [0.29, 0.717) is 61.4 Å². The molecule has 1 saturated heterocycles. The zero-order chi connectivity index (χ0) is 28.6. The minimum Gasteiger partial charge on any atom is -0.497 e. The fourth-order valence-electron chi connectivity index (χ4n) is 4.70. The van der Waals surface area contributed by atoms with Crippen LogP contribution >= 0.6 is 0 Å². The van der Waals surface area contributed by atoms with E-state index in [1.165, 1.54) is 0 Å². The van der Waals surface area contributed by atoms with Crippen LogP contribution in [-0.2, 0) is 4.79 Å². The van der Waals surface area contributed by atoms with E-state index in [2.05, 4.69) is 28.9 Å². The van der Waals surface area contributed by atoms with E-state index in [-0.39, 0.29) is 18.4 Å². The number of amides is 2. The van der Waals surface area contributed by atoms with Gasteiger partial charge >= 0.3 is 0 Å². The Bertz CT molecular complexity index is 1290. The monoisotopic (exact) mass is 545 g/mol. The van der Waals surface area contributed by atoms with Gasteiger partial charge in [0.2, 0.25) is 5.91 Å². The molecule has 3 aromatic rings. The van der Waals surface area contributed by atoms with Gasteiger partial charge in [0.25, 0.3) is 5.91 Å². The van der Waals surface area contributed by atoms with Crippen LogP contribution in [0.2, 0.25) is 0 Å². The zero-order valence-corrected chi connectivity index (χ0v) is 24.1. The van der Waals surface area contributed by atoms with Crippen LogP contribution in [-0.4, -0.2) is 85.3 Å². The summed E-state index contributed by atoms with van der Waals surface area (Å²) in [5.41, 5.74) is 3.25. The average Bonchev–Trinajstić information content (AvgIpc) is 3.00. The zero-order valence-electron chi connectivity index (χ0n) is 24.1. The molecular formula is C31H39N5O4. The second-order valence-electron chi connectivity index (χ2n) is 10.3. The van der Waals surface area contributed by atoms with Crippen molar-refractivity contribution in [3.05, 3.63) is 65.7 Å². The third kappa shape index (κ3) is 6.89. The van der Waals surface area contributed by atoms with Crippen LogP contribution in [0.25, 0.3) is 11.3 Å². The van der Waals surface area contributed by atoms with E-state index < -0.39 is 0 Å². The topological polar surface area (TPSA) is 88.1 Å². The SMILES string of the molecule is CCC(C)CN(CC(=O)N1CCN(c2ccc(-c3ccc(OC)cc3OC)nn2)CC1)C(=O)c1ccc(C)cc1. The van der Waals surface area contributed by atoms with Gasteiger partial charge in [-0.2, -0.15) is 0 Å². The van der Waals surface area contributed by atoms with Crippen molar-refractivity contribution < 1.29 is 19.1 Å². The summed E-state index contributed by atoms with van der Waals surface area (Å²) in [5.74, 6) is 2.30. The molecule has 0 radical (unpaired) electrons. The number of benzene rings is 2. The highest BCUT2D eigenvalue weighted by molar-refractivity contribution is 5.96. The van der Waals surface area contributed by atoms with Gasteiger partial charge in [-0.3, -0.25) is 9.59 Å². The first-order valence-electron chi connectivity index (χ1n) is 13.8. The van der Waals surface area contributed by atoms with Crippen LogP contribution in [0, 0.1) is 12.8 Å². The van der Waals surface area contributed by atoms with Crippen LogP contribution in [0.5, 0.6) is 11.5 Å². The first-order chi connectivity index (χ1) is 19.3. The van der Waals surface area contributed by atoms with Crippen molar-refractivity contribution in [1.82, 2.24) is 20.0 Å². The molecule has 4 rings (SSSR count). The first kappa shape index (κ1) is 28.9. The fraction of sp³-hybridized carbons (Fsp3) is 0.419. The van der Waals surface area contributed by atoms with Gasteiger partial charge in [-0.15, -0.1) is 10.2 Å². The van der Waals surface area contributed by atoms with Gasteiger partial charge in [0.05, 0.1) is 19.9 Å². The number of carbonyl (C=O) groups is 2. The Morgan fingerprint density at radius 1 is 0.950 bits per heavy atom. The number of rotatable bonds is 10. The Kier molecular flexibility index (Phi) is 9.58. The number of aryl methyl sites for hydroxylation is 1. The van der Waals surface area contributed by atoms with Gasteiger partial charge in [-0.25, -0.2) is 0 Å². The molecule has 212 valence electrons. The molecule has 0 aliphatic carbocycles. The van der Waals surface area contributed by atoms with Crippen molar-refractivity contribution in [2.45, 2.75) is 27.2 Å². The quantitative estimate of drug-likeness (QED) is 0.375. The maximum atomic E-state index is 13.3. The number of aromatic nitrogens is 2. The number of hydrogen-bond acceptors (Lipinski definition) is 7. The summed E-state index contributed by atoms with van der Waals surface area (Å²) in [6.45, 7) is 9.23. The fourth-order valence-corrected chi connectivity index (χ4v) is 4.70. The van der Waals surface area contributed by atoms with Gasteiger partial charge in [0.1, 0.15) is 18.0 Å². The largest absolute Gasteiger partial charge is 0.497 e. The summed E-state index contributed by atoms with van der Waals surface area (Å²) in [5, 5.41) is 8.89. The molecule has 40 heavy (non-hydrogen) atoms. The summed E-state index contributed by atoms with van der Waals surface area (Å²) in [7, 11) is 3.23. The number of anilines is 1. The van der Waals surface area contributed by atoms with Crippen molar-refractivity contribution in [2.24, 2.45) is 5.92 Å². The predicted octanol–water partition coefficient (Wildman–Crippen LogP) is 4.31. The minimum absolute atomic E-state index is 0.0311. The van der Waals surface area contributed by atoms with Crippen molar-refractivity contribution in [2.75, 3.05) is 58.4 Å². The van der Waals surface area contributed by atoms with E-state index in [9.17, 15) is 9.59 Å². The number of nitrogens with zero attached hydrogens (tertiary/aromatic N) is 5. The molecule has 9 nitrogen and oxygen atoms in total. The molecule has 0 spiro atoms. The van der Waals surface area contributed by atoms with Crippen molar-refractivity contribution in [3.8, 4) is 22.8 Å². The van der Waals surface area contributed by atoms with E-state index in [4.69, 9.17) is 9.47 Å². The Labute approximate surface area is 236 Å². The maximum Gasteiger partial charge on any atom is 0.254 e. The molecule has 2 heterocycles. The highest BCUT2D eigenvalue weighted by Gasteiger charge is 2.27. The van der Waals surface area contributed by atoms with Crippen LogP contribution in [0.3, 0.4) is 0 Å². The average molecular weight is 546 g/mol. The van der Waals surface area contributed by atoms with Crippen LogP contribution < -0.4 is 14.4 Å². The number of methoxy groups -OCH3 is 2. The molecule has 1 aliphatic heterocycles. The number of piperazine rings is 1. The number of ether oxygens (including phenoxy) is 2. The molecule has 1 fully saturated rings. The molecular weight excluding hydrogens is 506 g/mol. The second kappa shape index (κ2) is 13.3. The first-order valence-corrected chi connectivity index (χ1v) is 13.8. The predicted molar refractivity (Wildman–Crippen MR) is 156 cm³/mol. The van der Waals surface area contributed by atoms with Gasteiger partial charge < -0.3 is 24.2 Å². The normalized spacial score (nSPS) is 14.0. The molecule has 1 aliphatic rings. The minimum atomic E-state index is -0.101. The van der Waals surface area contributed by atoms with Gasteiger partial charge in [-0.05, 0) is 49.2 Å². The molecule has 1 atom stereocenters. The van der Waals surface area contributed by atoms with Crippen molar-refractivity contribution in [3.63, 3.8) is 0 Å². The van der Waals surface area contributed by atoms with Crippen molar-refractivity contribution in [1.29, 1.82) is 0 Å². The van der Waals surface area contributed by atoms with E-state index in [1.54, 1.807) is 19.1 Å². The molecule has 0 bridgehead atoms. The van der Waals surface area contributed by atoms with Gasteiger partial charge in [-0.1, -0.05) is 38.0 Å². The van der Waals surface area contributed by atoms with E-state index in [1.807, 2.05) is 66.4 Å². The lowest BCUT2D eigenvalue weighted by Gasteiger charge is -2.36. The molecule has 1 aromatic heterocycles. The highest BCUT2D eigenvalue weighted by atomic mass is 16.5. The third-order valence-electron chi connectivity index (χ3n) is 7.43. The molecule has 9 heteroatoms. The standard InChI is InChI=1S/C31H39N5O4/c1-6-22(2)20-36(31(38)24-9-7-23(3)8-10-24)21-30(37)35-17-15-34(16-18-35)29-14-13-27(32-33-29)26-12-11-25(39-4)19-28(26)40-5/h7-14,19,22H,6,15-18,20-21H2,1-5H3. The van der Waals surface area contributed by atoms with E-state index in [0.717, 1.165) is 23.4 Å². The summed E-state index contributed by atoms with van der Waals surface area (Å²) >= 11 is 0. The van der Waals surface area contributed by atoms with Gasteiger partial charge in [0.15, 0.2) is 5.82 Å². The Hall–Kier alpha value is -4.14. The molecule has 1 unspecified atom stereocenters. The van der Waals surface area contributed by atoms with E-state index >= 15 is 0 Å². The summed E-state index contributed by atoms with van der Waals surface area (Å²) in [6, 6.07) is 17.0. The molecule has 2 amide bonds. The third-order valence-corrected chi connectivity index (χ3v) is 7.43. The summed E-state index contributed by atoms with van der Waals surface area (Å²) in [6.07, 6.45) is 0.940. The molecule has 0 saturated carbocycles. The molecule has 2 aromatic carbocycles. The van der Waals surface area contributed by atoms with Gasteiger partial charge in [0, 0.05) is 49.9 Å². The summed E-state index contributed by atoms with van der Waals surface area (Å²) < 4.78 is 10.8. The number of carbonyl (C=O) groups excluding carboxylic acids is 2. The van der Waals surface area contributed by atoms with Crippen LogP contribution in [0.1, 0.15) is 36.2 Å². The molecule has 0 N–H and O–H groups in total. The lowest BCUT2D eigenvalue weighted by Crippen LogP contribution is -2.52.